The van der Waals surface area contributed by atoms with Crippen molar-refractivity contribution in [2.24, 2.45) is 0 Å². The van der Waals surface area contributed by atoms with Crippen molar-refractivity contribution in [2.45, 2.75) is 20.4 Å². The van der Waals surface area contributed by atoms with Crippen LogP contribution in [0.2, 0.25) is 0 Å². The van der Waals surface area contributed by atoms with Crippen molar-refractivity contribution in [3.05, 3.63) is 39.6 Å². The third kappa shape index (κ3) is 2.84. The molecule has 1 N–H and O–H groups in total. The Morgan fingerprint density at radius 1 is 1.56 bits per heavy atom. The maximum absolute atomic E-state index is 10.5. The summed E-state index contributed by atoms with van der Waals surface area (Å²) >= 11 is 1.58. The summed E-state index contributed by atoms with van der Waals surface area (Å²) in [6.45, 7) is 4.37. The van der Waals surface area contributed by atoms with Gasteiger partial charge in [-0.25, -0.2) is 14.5 Å². The van der Waals surface area contributed by atoms with Gasteiger partial charge in [0.25, 0.3) is 0 Å². The molecule has 0 radical (unpaired) electrons. The minimum atomic E-state index is -0.945. The van der Waals surface area contributed by atoms with E-state index in [1.54, 1.807) is 17.4 Å². The first-order chi connectivity index (χ1) is 8.56. The molecule has 2 rings (SSSR count). The Labute approximate surface area is 108 Å². The van der Waals surface area contributed by atoms with E-state index in [1.165, 1.54) is 0 Å². The largest absolute Gasteiger partial charge is 0.478 e. The number of carboxylic acids is 1. The van der Waals surface area contributed by atoms with Gasteiger partial charge in [-0.3, -0.25) is 0 Å². The van der Waals surface area contributed by atoms with Crippen molar-refractivity contribution in [2.75, 3.05) is 0 Å². The number of rotatable bonds is 4. The average molecular weight is 263 g/mol. The standard InChI is InChI=1S/C12H13N3O2S/c1-8-13-9(2)15(14-8)7-11-10(5-6-18-11)3-4-12(16)17/h3-6H,7H2,1-2H3,(H,16,17). The number of aromatic nitrogens is 3. The van der Waals surface area contributed by atoms with Gasteiger partial charge in [0.15, 0.2) is 0 Å². The van der Waals surface area contributed by atoms with E-state index in [2.05, 4.69) is 10.1 Å². The molecule has 0 bridgehead atoms. The Bertz CT molecular complexity index is 598. The molecule has 0 amide bonds. The topological polar surface area (TPSA) is 68.0 Å². The van der Waals surface area contributed by atoms with Crippen LogP contribution < -0.4 is 0 Å². The smallest absolute Gasteiger partial charge is 0.328 e. The minimum Gasteiger partial charge on any atom is -0.478 e. The Kier molecular flexibility index (Phi) is 3.57. The highest BCUT2D eigenvalue weighted by Crippen LogP contribution is 2.19. The zero-order valence-electron chi connectivity index (χ0n) is 10.1. The lowest BCUT2D eigenvalue weighted by molar-refractivity contribution is -0.131. The first kappa shape index (κ1) is 12.5. The van der Waals surface area contributed by atoms with Crippen molar-refractivity contribution in [1.82, 2.24) is 14.8 Å². The van der Waals surface area contributed by atoms with E-state index in [1.807, 2.05) is 30.0 Å². The number of carbonyl (C=O) groups is 1. The van der Waals surface area contributed by atoms with Crippen molar-refractivity contribution in [3.8, 4) is 0 Å². The van der Waals surface area contributed by atoms with E-state index in [4.69, 9.17) is 5.11 Å². The highest BCUT2D eigenvalue weighted by molar-refractivity contribution is 7.10. The van der Waals surface area contributed by atoms with E-state index < -0.39 is 5.97 Å². The van der Waals surface area contributed by atoms with E-state index in [-0.39, 0.29) is 0 Å². The molecule has 6 heteroatoms. The lowest BCUT2D eigenvalue weighted by Gasteiger charge is -2.02. The molecule has 5 nitrogen and oxygen atoms in total. The third-order valence-corrected chi connectivity index (χ3v) is 3.36. The zero-order chi connectivity index (χ0) is 13.1. The summed E-state index contributed by atoms with van der Waals surface area (Å²) < 4.78 is 1.82. The van der Waals surface area contributed by atoms with Gasteiger partial charge in [0.05, 0.1) is 6.54 Å². The summed E-state index contributed by atoms with van der Waals surface area (Å²) in [7, 11) is 0. The van der Waals surface area contributed by atoms with Gasteiger partial charge in [-0.1, -0.05) is 0 Å². The SMILES string of the molecule is Cc1nc(C)n(Cc2sccc2C=CC(=O)O)n1. The third-order valence-electron chi connectivity index (χ3n) is 2.44. The summed E-state index contributed by atoms with van der Waals surface area (Å²) in [4.78, 5) is 15.8. The highest BCUT2D eigenvalue weighted by atomic mass is 32.1. The summed E-state index contributed by atoms with van der Waals surface area (Å²) in [6.07, 6.45) is 2.75. The highest BCUT2D eigenvalue weighted by Gasteiger charge is 2.07. The second-order valence-electron chi connectivity index (χ2n) is 3.83. The quantitative estimate of drug-likeness (QED) is 0.858. The molecular formula is C12H13N3O2S. The molecule has 0 unspecified atom stereocenters. The lowest BCUT2D eigenvalue weighted by atomic mass is 10.2. The van der Waals surface area contributed by atoms with Crippen LogP contribution in [0.4, 0.5) is 0 Å². The lowest BCUT2D eigenvalue weighted by Crippen LogP contribution is -2.03. The molecule has 0 spiro atoms. The Hall–Kier alpha value is -1.95. The molecule has 0 fully saturated rings. The molecule has 18 heavy (non-hydrogen) atoms. The molecule has 2 aromatic heterocycles. The first-order valence-corrected chi connectivity index (χ1v) is 6.29. The Morgan fingerprint density at radius 2 is 2.33 bits per heavy atom. The van der Waals surface area contributed by atoms with E-state index in [0.717, 1.165) is 28.2 Å². The van der Waals surface area contributed by atoms with Gasteiger partial charge < -0.3 is 5.11 Å². The fourth-order valence-electron chi connectivity index (χ4n) is 1.64. The van der Waals surface area contributed by atoms with Crippen LogP contribution in [0.3, 0.4) is 0 Å². The second kappa shape index (κ2) is 5.14. The predicted molar refractivity (Wildman–Crippen MR) is 69.6 cm³/mol. The number of aliphatic carboxylic acids is 1. The number of thiophene rings is 1. The second-order valence-corrected chi connectivity index (χ2v) is 4.84. The van der Waals surface area contributed by atoms with Crippen LogP contribution in [-0.4, -0.2) is 25.8 Å². The molecular weight excluding hydrogens is 250 g/mol. The van der Waals surface area contributed by atoms with Crippen molar-refractivity contribution < 1.29 is 9.90 Å². The summed E-state index contributed by atoms with van der Waals surface area (Å²) in [5.41, 5.74) is 0.912. The maximum Gasteiger partial charge on any atom is 0.328 e. The summed E-state index contributed by atoms with van der Waals surface area (Å²) in [5, 5.41) is 14.9. The van der Waals surface area contributed by atoms with Gasteiger partial charge in [-0.05, 0) is 36.9 Å². The fourth-order valence-corrected chi connectivity index (χ4v) is 2.48. The van der Waals surface area contributed by atoms with Crippen LogP contribution in [0.5, 0.6) is 0 Å². The van der Waals surface area contributed by atoms with Gasteiger partial charge in [0, 0.05) is 11.0 Å². The van der Waals surface area contributed by atoms with Gasteiger partial charge >= 0.3 is 5.97 Å². The molecule has 0 aliphatic carbocycles. The summed E-state index contributed by atoms with van der Waals surface area (Å²) in [5.74, 6) is 0.653. The average Bonchev–Trinajstić information content (AvgIpc) is 2.84. The molecule has 0 atom stereocenters. The molecule has 0 aliphatic heterocycles. The number of hydrogen-bond acceptors (Lipinski definition) is 4. The Balaban J connectivity index is 2.22. The van der Waals surface area contributed by atoms with Gasteiger partial charge in [-0.2, -0.15) is 5.10 Å². The Morgan fingerprint density at radius 3 is 2.94 bits per heavy atom. The monoisotopic (exact) mass is 263 g/mol. The normalized spacial score (nSPS) is 11.2. The number of nitrogens with zero attached hydrogens (tertiary/aromatic N) is 3. The molecule has 94 valence electrons. The minimum absolute atomic E-state index is 0.615. The van der Waals surface area contributed by atoms with Crippen molar-refractivity contribution in [1.29, 1.82) is 0 Å². The zero-order valence-corrected chi connectivity index (χ0v) is 10.9. The van der Waals surface area contributed by atoms with Crippen molar-refractivity contribution >= 4 is 23.4 Å². The van der Waals surface area contributed by atoms with Gasteiger partial charge in [0.1, 0.15) is 11.6 Å². The van der Waals surface area contributed by atoms with E-state index >= 15 is 0 Å². The molecule has 0 saturated heterocycles. The first-order valence-electron chi connectivity index (χ1n) is 5.41. The molecule has 0 saturated carbocycles. The van der Waals surface area contributed by atoms with Crippen LogP contribution in [0.25, 0.3) is 6.08 Å². The molecule has 0 aliphatic rings. The van der Waals surface area contributed by atoms with Crippen LogP contribution in [0, 0.1) is 13.8 Å². The van der Waals surface area contributed by atoms with Crippen LogP contribution >= 0.6 is 11.3 Å². The van der Waals surface area contributed by atoms with Gasteiger partial charge in [-0.15, -0.1) is 11.3 Å². The fraction of sp³-hybridized carbons (Fsp3) is 0.250. The van der Waals surface area contributed by atoms with Crippen LogP contribution in [0.1, 0.15) is 22.1 Å². The number of aryl methyl sites for hydroxylation is 2. The predicted octanol–water partition coefficient (Wildman–Crippen LogP) is 2.10. The number of carboxylic acid groups (broad SMARTS) is 1. The van der Waals surface area contributed by atoms with Crippen molar-refractivity contribution in [3.63, 3.8) is 0 Å². The number of hydrogen-bond donors (Lipinski definition) is 1. The molecule has 2 aromatic rings. The summed E-state index contributed by atoms with van der Waals surface area (Å²) in [6, 6.07) is 1.90. The van der Waals surface area contributed by atoms with E-state index in [0.29, 0.717) is 6.54 Å². The molecule has 0 aromatic carbocycles. The molecule has 2 heterocycles. The van der Waals surface area contributed by atoms with E-state index in [9.17, 15) is 4.79 Å². The van der Waals surface area contributed by atoms with Gasteiger partial charge in [0.2, 0.25) is 0 Å². The maximum atomic E-state index is 10.5. The van der Waals surface area contributed by atoms with Crippen LogP contribution in [-0.2, 0) is 11.3 Å². The van der Waals surface area contributed by atoms with Crippen LogP contribution in [0.15, 0.2) is 17.5 Å².